The van der Waals surface area contributed by atoms with Gasteiger partial charge in [0.25, 0.3) is 5.91 Å². The summed E-state index contributed by atoms with van der Waals surface area (Å²) in [4.78, 5) is 21.0. The SMILES string of the molecule is CC.CC(C)CCC=O.O=C1CN(c2c(O)cc3c(c2F)CCNCC3)S(=O)(=O)N1. The monoisotopic (exact) mass is 445 g/mol. The van der Waals surface area contributed by atoms with E-state index in [0.717, 1.165) is 19.1 Å². The molecule has 0 radical (unpaired) electrons. The molecule has 0 aliphatic carbocycles. The second-order valence-corrected chi connectivity index (χ2v) is 8.72. The molecule has 2 aliphatic rings. The number of phenolic OH excluding ortho intramolecular Hbond substituents is 1. The lowest BCUT2D eigenvalue weighted by Crippen LogP contribution is -2.30. The summed E-state index contributed by atoms with van der Waals surface area (Å²) < 4.78 is 40.6. The molecule has 10 heteroatoms. The summed E-state index contributed by atoms with van der Waals surface area (Å²) in [7, 11) is -4.15. The van der Waals surface area contributed by atoms with Gasteiger partial charge in [-0.2, -0.15) is 8.42 Å². The molecule has 30 heavy (non-hydrogen) atoms. The maximum Gasteiger partial charge on any atom is 0.326 e. The van der Waals surface area contributed by atoms with Gasteiger partial charge in [-0.15, -0.1) is 0 Å². The average Bonchev–Trinajstić information content (AvgIpc) is 2.84. The number of carbonyl (C=O) groups excluding carboxylic acids is 2. The van der Waals surface area contributed by atoms with Crippen molar-refractivity contribution in [2.45, 2.75) is 53.4 Å². The molecular weight excluding hydrogens is 413 g/mol. The molecule has 1 aromatic carbocycles. The number of phenols is 1. The molecule has 1 saturated heterocycles. The van der Waals surface area contributed by atoms with Gasteiger partial charge in [-0.3, -0.25) is 4.79 Å². The molecule has 0 bridgehead atoms. The number of fused-ring (bicyclic) bond motifs is 1. The molecule has 2 aliphatic heterocycles. The summed E-state index contributed by atoms with van der Waals surface area (Å²) in [6, 6.07) is 1.37. The number of anilines is 1. The van der Waals surface area contributed by atoms with E-state index in [2.05, 4.69) is 19.2 Å². The highest BCUT2D eigenvalue weighted by Gasteiger charge is 2.38. The second kappa shape index (κ2) is 11.8. The van der Waals surface area contributed by atoms with Crippen LogP contribution in [0.25, 0.3) is 0 Å². The highest BCUT2D eigenvalue weighted by molar-refractivity contribution is 7.92. The van der Waals surface area contributed by atoms with Crippen molar-refractivity contribution in [3.63, 3.8) is 0 Å². The molecule has 3 N–H and O–H groups in total. The summed E-state index contributed by atoms with van der Waals surface area (Å²) in [6.07, 6.45) is 3.66. The molecular formula is C20H32FN3O5S. The average molecular weight is 446 g/mol. The first-order valence-electron chi connectivity index (χ1n) is 10.2. The molecule has 2 heterocycles. The number of halogens is 1. The number of nitrogens with zero attached hydrogens (tertiary/aromatic N) is 1. The smallest absolute Gasteiger partial charge is 0.326 e. The van der Waals surface area contributed by atoms with E-state index in [1.807, 2.05) is 13.8 Å². The Morgan fingerprint density at radius 3 is 2.40 bits per heavy atom. The Morgan fingerprint density at radius 1 is 1.27 bits per heavy atom. The minimum atomic E-state index is -4.15. The molecule has 0 saturated carbocycles. The largest absolute Gasteiger partial charge is 0.506 e. The van der Waals surface area contributed by atoms with Crippen LogP contribution in [0.4, 0.5) is 10.1 Å². The van der Waals surface area contributed by atoms with Gasteiger partial charge in [0.15, 0.2) is 5.82 Å². The van der Waals surface area contributed by atoms with E-state index < -0.39 is 39.9 Å². The lowest BCUT2D eigenvalue weighted by atomic mass is 10.0. The number of rotatable bonds is 4. The quantitative estimate of drug-likeness (QED) is 0.611. The Labute approximate surface area is 178 Å². The van der Waals surface area contributed by atoms with Crippen LogP contribution < -0.4 is 14.3 Å². The molecule has 3 rings (SSSR count). The zero-order chi connectivity index (χ0) is 22.9. The third-order valence-corrected chi connectivity index (χ3v) is 5.85. The lowest BCUT2D eigenvalue weighted by molar-refractivity contribution is -0.117. The van der Waals surface area contributed by atoms with Crippen molar-refractivity contribution in [2.75, 3.05) is 23.9 Å². The van der Waals surface area contributed by atoms with Crippen molar-refractivity contribution in [1.29, 1.82) is 0 Å². The Bertz CT molecular complexity index is 843. The predicted molar refractivity (Wildman–Crippen MR) is 114 cm³/mol. The van der Waals surface area contributed by atoms with Gasteiger partial charge < -0.3 is 15.2 Å². The number of hydrogen-bond donors (Lipinski definition) is 3. The Kier molecular flexibility index (Phi) is 10.2. The molecule has 0 aromatic heterocycles. The van der Waals surface area contributed by atoms with E-state index in [9.17, 15) is 27.5 Å². The first-order valence-corrected chi connectivity index (χ1v) is 11.6. The summed E-state index contributed by atoms with van der Waals surface area (Å²) in [5, 5.41) is 13.1. The number of hydrogen-bond acceptors (Lipinski definition) is 6. The number of aromatic hydroxyl groups is 1. The van der Waals surface area contributed by atoms with Crippen molar-refractivity contribution in [1.82, 2.24) is 10.0 Å². The van der Waals surface area contributed by atoms with Crippen LogP contribution in [0, 0.1) is 11.7 Å². The van der Waals surface area contributed by atoms with Gasteiger partial charge in [-0.25, -0.2) is 13.4 Å². The van der Waals surface area contributed by atoms with Crippen LogP contribution in [0.3, 0.4) is 0 Å². The van der Waals surface area contributed by atoms with E-state index >= 15 is 0 Å². The van der Waals surface area contributed by atoms with Crippen molar-refractivity contribution < 1.29 is 27.5 Å². The first kappa shape index (κ1) is 25.8. The van der Waals surface area contributed by atoms with Gasteiger partial charge >= 0.3 is 10.2 Å². The van der Waals surface area contributed by atoms with E-state index in [0.29, 0.717) is 47.3 Å². The van der Waals surface area contributed by atoms with Crippen molar-refractivity contribution in [2.24, 2.45) is 5.92 Å². The van der Waals surface area contributed by atoms with Crippen LogP contribution in [0.15, 0.2) is 6.07 Å². The minimum Gasteiger partial charge on any atom is -0.506 e. The molecule has 1 amide bonds. The summed E-state index contributed by atoms with van der Waals surface area (Å²) in [6.45, 7) is 8.92. The summed E-state index contributed by atoms with van der Waals surface area (Å²) in [5.74, 6) is -1.35. The van der Waals surface area contributed by atoms with Crippen LogP contribution in [0.1, 0.15) is 51.7 Å². The highest BCUT2D eigenvalue weighted by Crippen LogP contribution is 2.37. The molecule has 1 aromatic rings. The Balaban J connectivity index is 0.000000428. The fraction of sp³-hybridized carbons (Fsp3) is 0.600. The van der Waals surface area contributed by atoms with Crippen molar-refractivity contribution in [3.05, 3.63) is 23.0 Å². The zero-order valence-electron chi connectivity index (χ0n) is 18.0. The molecule has 0 unspecified atom stereocenters. The van der Waals surface area contributed by atoms with Crippen LogP contribution in [-0.2, 0) is 32.6 Å². The number of aldehydes is 1. The van der Waals surface area contributed by atoms with E-state index in [4.69, 9.17) is 0 Å². The number of benzene rings is 1. The fourth-order valence-electron chi connectivity index (χ4n) is 3.06. The third kappa shape index (κ3) is 6.66. The van der Waals surface area contributed by atoms with Crippen LogP contribution >= 0.6 is 0 Å². The summed E-state index contributed by atoms with van der Waals surface area (Å²) in [5.41, 5.74) is 0.561. The van der Waals surface area contributed by atoms with Crippen molar-refractivity contribution in [3.8, 4) is 5.75 Å². The summed E-state index contributed by atoms with van der Waals surface area (Å²) >= 11 is 0. The van der Waals surface area contributed by atoms with Crippen LogP contribution in [0.5, 0.6) is 5.75 Å². The van der Waals surface area contributed by atoms with Gasteiger partial charge in [-0.1, -0.05) is 27.7 Å². The van der Waals surface area contributed by atoms with Crippen LogP contribution in [0.2, 0.25) is 0 Å². The molecule has 170 valence electrons. The van der Waals surface area contributed by atoms with E-state index in [-0.39, 0.29) is 0 Å². The van der Waals surface area contributed by atoms with Gasteiger partial charge in [0, 0.05) is 6.42 Å². The first-order chi connectivity index (χ1) is 14.2. The van der Waals surface area contributed by atoms with Gasteiger partial charge in [0.2, 0.25) is 0 Å². The van der Waals surface area contributed by atoms with Gasteiger partial charge in [0.1, 0.15) is 24.3 Å². The second-order valence-electron chi connectivity index (χ2n) is 7.12. The standard InChI is InChI=1S/C12H14FN3O4S.C6H12O.C2H6/c13-11-8-2-4-14-3-1-7(8)5-9(17)12(11)16-6-10(18)15-21(16,19)20;1-6(2)4-3-5-7;1-2/h5,14,17H,1-4,6H2,(H,15,18);5-6H,3-4H2,1-2H3;1-2H3. The normalized spacial score (nSPS) is 17.0. The minimum absolute atomic E-state index is 0.377. The highest BCUT2D eigenvalue weighted by atomic mass is 32.2. The predicted octanol–water partition coefficient (Wildman–Crippen LogP) is 2.05. The maximum atomic E-state index is 14.7. The molecule has 0 atom stereocenters. The Morgan fingerprint density at radius 2 is 1.90 bits per heavy atom. The molecule has 0 spiro atoms. The number of amides is 1. The maximum absolute atomic E-state index is 14.7. The topological polar surface area (TPSA) is 116 Å². The molecule has 1 fully saturated rings. The Hall–Kier alpha value is -2.20. The lowest BCUT2D eigenvalue weighted by Gasteiger charge is -2.20. The van der Waals surface area contributed by atoms with Crippen molar-refractivity contribution >= 4 is 28.1 Å². The fourth-order valence-corrected chi connectivity index (χ4v) is 4.22. The number of nitrogens with one attached hydrogen (secondary N) is 2. The third-order valence-electron chi connectivity index (χ3n) is 4.47. The zero-order valence-corrected chi connectivity index (χ0v) is 18.8. The van der Waals surface area contributed by atoms with E-state index in [1.54, 1.807) is 4.72 Å². The number of carbonyl (C=O) groups is 2. The van der Waals surface area contributed by atoms with E-state index in [1.165, 1.54) is 6.07 Å². The van der Waals surface area contributed by atoms with Gasteiger partial charge in [-0.05, 0) is 55.5 Å². The van der Waals surface area contributed by atoms with Gasteiger partial charge in [0.05, 0.1) is 0 Å². The van der Waals surface area contributed by atoms with Crippen LogP contribution in [-0.4, -0.2) is 45.4 Å². The molecule has 8 nitrogen and oxygen atoms in total.